The predicted octanol–water partition coefficient (Wildman–Crippen LogP) is 4.17. The van der Waals surface area contributed by atoms with Gasteiger partial charge in [0.25, 0.3) is 0 Å². The summed E-state index contributed by atoms with van der Waals surface area (Å²) in [7, 11) is 1.63. The Hall–Kier alpha value is -3.32. The van der Waals surface area contributed by atoms with E-state index in [0.29, 0.717) is 17.9 Å². The van der Waals surface area contributed by atoms with Crippen LogP contribution in [-0.4, -0.2) is 12.1 Å². The van der Waals surface area contributed by atoms with Crippen LogP contribution in [0.15, 0.2) is 72.9 Å². The van der Waals surface area contributed by atoms with Gasteiger partial charge in [-0.1, -0.05) is 36.4 Å². The molecule has 0 aliphatic rings. The van der Waals surface area contributed by atoms with Crippen LogP contribution in [0.1, 0.15) is 16.8 Å². The molecule has 0 aliphatic carbocycles. The van der Waals surface area contributed by atoms with Gasteiger partial charge in [-0.25, -0.2) is 0 Å². The van der Waals surface area contributed by atoms with E-state index >= 15 is 0 Å². The highest BCUT2D eigenvalue weighted by atomic mass is 16.5. The number of anilines is 1. The molecule has 0 bridgehead atoms. The zero-order valence-electron chi connectivity index (χ0n) is 14.1. The number of nitrogens with zero attached hydrogens (tertiary/aromatic N) is 3. The standard InChI is InChI=1S/C21H19N3O/c1-25-21-13-18(14-22)10-11-20(21)24(15-17-7-3-2-4-8-17)16-19-9-5-6-12-23-19/h2-13H,15-16H2,1H3. The van der Waals surface area contributed by atoms with Gasteiger partial charge in [-0.05, 0) is 29.8 Å². The van der Waals surface area contributed by atoms with Crippen molar-refractivity contribution in [2.45, 2.75) is 13.1 Å². The maximum atomic E-state index is 9.13. The number of aromatic nitrogens is 1. The Bertz CT molecular complexity index is 816. The molecule has 1 heterocycles. The molecular weight excluding hydrogens is 310 g/mol. The topological polar surface area (TPSA) is 49.1 Å². The molecule has 1 aromatic heterocycles. The monoisotopic (exact) mass is 329 g/mol. The van der Waals surface area contributed by atoms with E-state index in [2.05, 4.69) is 28.1 Å². The SMILES string of the molecule is COc1cc(C#N)ccc1N(Cc1ccccc1)Cc1ccccn1. The van der Waals surface area contributed by atoms with Crippen LogP contribution in [0, 0.1) is 11.3 Å². The quantitative estimate of drug-likeness (QED) is 0.681. The summed E-state index contributed by atoms with van der Waals surface area (Å²) in [6.07, 6.45) is 1.80. The molecule has 124 valence electrons. The van der Waals surface area contributed by atoms with Crippen LogP contribution in [0.25, 0.3) is 0 Å². The summed E-state index contributed by atoms with van der Waals surface area (Å²) in [6.45, 7) is 1.37. The van der Waals surface area contributed by atoms with Gasteiger partial charge in [0.05, 0.1) is 36.7 Å². The number of nitriles is 1. The highest BCUT2D eigenvalue weighted by Gasteiger charge is 2.14. The smallest absolute Gasteiger partial charge is 0.143 e. The van der Waals surface area contributed by atoms with E-state index in [1.807, 2.05) is 48.5 Å². The fraction of sp³-hybridized carbons (Fsp3) is 0.143. The van der Waals surface area contributed by atoms with Gasteiger partial charge in [0.2, 0.25) is 0 Å². The van der Waals surface area contributed by atoms with Gasteiger partial charge < -0.3 is 9.64 Å². The van der Waals surface area contributed by atoms with Crippen molar-refractivity contribution in [1.29, 1.82) is 5.26 Å². The third kappa shape index (κ3) is 4.15. The molecule has 0 aliphatic heterocycles. The summed E-state index contributed by atoms with van der Waals surface area (Å²) in [4.78, 5) is 6.65. The Morgan fingerprint density at radius 1 is 1.00 bits per heavy atom. The third-order valence-corrected chi connectivity index (χ3v) is 3.94. The van der Waals surface area contributed by atoms with Gasteiger partial charge in [0.1, 0.15) is 5.75 Å². The molecule has 0 radical (unpaired) electrons. The summed E-state index contributed by atoms with van der Waals surface area (Å²) < 4.78 is 5.53. The summed E-state index contributed by atoms with van der Waals surface area (Å²) in [5, 5.41) is 9.13. The molecule has 0 amide bonds. The van der Waals surface area contributed by atoms with Gasteiger partial charge >= 0.3 is 0 Å². The molecule has 0 N–H and O–H groups in total. The molecule has 4 nitrogen and oxygen atoms in total. The fourth-order valence-corrected chi connectivity index (χ4v) is 2.73. The second kappa shape index (κ2) is 7.98. The molecule has 25 heavy (non-hydrogen) atoms. The zero-order valence-corrected chi connectivity index (χ0v) is 14.1. The van der Waals surface area contributed by atoms with E-state index in [9.17, 15) is 0 Å². The molecule has 4 heteroatoms. The van der Waals surface area contributed by atoms with Crippen molar-refractivity contribution in [3.05, 3.63) is 89.7 Å². The molecule has 0 atom stereocenters. The predicted molar refractivity (Wildman–Crippen MR) is 98.3 cm³/mol. The Balaban J connectivity index is 1.97. The van der Waals surface area contributed by atoms with Crippen LogP contribution in [0.4, 0.5) is 5.69 Å². The number of hydrogen-bond donors (Lipinski definition) is 0. The number of hydrogen-bond acceptors (Lipinski definition) is 4. The first-order valence-corrected chi connectivity index (χ1v) is 8.07. The minimum atomic E-state index is 0.582. The maximum Gasteiger partial charge on any atom is 0.143 e. The second-order valence-electron chi connectivity index (χ2n) is 5.66. The van der Waals surface area contributed by atoms with Crippen LogP contribution in [0.2, 0.25) is 0 Å². The fourth-order valence-electron chi connectivity index (χ4n) is 2.73. The molecule has 0 spiro atoms. The summed E-state index contributed by atoms with van der Waals surface area (Å²) >= 11 is 0. The van der Waals surface area contributed by atoms with Crippen LogP contribution < -0.4 is 9.64 Å². The Kier molecular flexibility index (Phi) is 5.28. The molecule has 0 fully saturated rings. The highest BCUT2D eigenvalue weighted by molar-refractivity contribution is 5.61. The van der Waals surface area contributed by atoms with Gasteiger partial charge in [0, 0.05) is 18.8 Å². The molecule has 3 aromatic rings. The van der Waals surface area contributed by atoms with Gasteiger partial charge in [0.15, 0.2) is 0 Å². The van der Waals surface area contributed by atoms with E-state index in [-0.39, 0.29) is 0 Å². The molecule has 0 unspecified atom stereocenters. The first kappa shape index (κ1) is 16.5. The number of rotatable bonds is 6. The van der Waals surface area contributed by atoms with Gasteiger partial charge in [-0.2, -0.15) is 5.26 Å². The van der Waals surface area contributed by atoms with Gasteiger partial charge in [-0.3, -0.25) is 4.98 Å². The lowest BCUT2D eigenvalue weighted by molar-refractivity contribution is 0.414. The summed E-state index contributed by atoms with van der Waals surface area (Å²) in [6, 6.07) is 23.8. The maximum absolute atomic E-state index is 9.13. The van der Waals surface area contributed by atoms with Gasteiger partial charge in [-0.15, -0.1) is 0 Å². The highest BCUT2D eigenvalue weighted by Crippen LogP contribution is 2.31. The van der Waals surface area contributed by atoms with E-state index in [4.69, 9.17) is 10.00 Å². The molecule has 0 saturated heterocycles. The van der Waals surface area contributed by atoms with E-state index in [0.717, 1.165) is 17.9 Å². The van der Waals surface area contributed by atoms with Crippen molar-refractivity contribution in [3.8, 4) is 11.8 Å². The van der Waals surface area contributed by atoms with E-state index in [1.165, 1.54) is 5.56 Å². The Morgan fingerprint density at radius 2 is 1.80 bits per heavy atom. The van der Waals surface area contributed by atoms with Crippen molar-refractivity contribution >= 4 is 5.69 Å². The lowest BCUT2D eigenvalue weighted by Crippen LogP contribution is -2.23. The first-order valence-electron chi connectivity index (χ1n) is 8.07. The normalized spacial score (nSPS) is 10.1. The lowest BCUT2D eigenvalue weighted by atomic mass is 10.1. The average Bonchev–Trinajstić information content (AvgIpc) is 2.68. The van der Waals surface area contributed by atoms with Crippen LogP contribution in [0.5, 0.6) is 5.75 Å². The zero-order chi connectivity index (χ0) is 17.5. The summed E-state index contributed by atoms with van der Waals surface area (Å²) in [5.41, 5.74) is 3.70. The van der Waals surface area contributed by atoms with E-state index < -0.39 is 0 Å². The van der Waals surface area contributed by atoms with Crippen molar-refractivity contribution in [3.63, 3.8) is 0 Å². The number of ether oxygens (including phenoxy) is 1. The van der Waals surface area contributed by atoms with Crippen LogP contribution in [-0.2, 0) is 13.1 Å². The van der Waals surface area contributed by atoms with Crippen molar-refractivity contribution in [1.82, 2.24) is 4.98 Å². The second-order valence-corrected chi connectivity index (χ2v) is 5.66. The first-order chi connectivity index (χ1) is 12.3. The lowest BCUT2D eigenvalue weighted by Gasteiger charge is -2.26. The minimum Gasteiger partial charge on any atom is -0.495 e. The Morgan fingerprint density at radius 3 is 2.48 bits per heavy atom. The van der Waals surface area contributed by atoms with Crippen LogP contribution in [0.3, 0.4) is 0 Å². The number of benzene rings is 2. The van der Waals surface area contributed by atoms with Crippen molar-refractivity contribution in [2.75, 3.05) is 12.0 Å². The largest absolute Gasteiger partial charge is 0.495 e. The molecule has 2 aromatic carbocycles. The van der Waals surface area contributed by atoms with Crippen LogP contribution >= 0.6 is 0 Å². The number of methoxy groups -OCH3 is 1. The average molecular weight is 329 g/mol. The van der Waals surface area contributed by atoms with Crippen molar-refractivity contribution < 1.29 is 4.74 Å². The molecule has 0 saturated carbocycles. The molecule has 3 rings (SSSR count). The number of pyridine rings is 1. The Labute approximate surface area is 147 Å². The third-order valence-electron chi connectivity index (χ3n) is 3.94. The molecular formula is C21H19N3O. The minimum absolute atomic E-state index is 0.582. The summed E-state index contributed by atoms with van der Waals surface area (Å²) in [5.74, 6) is 0.686. The van der Waals surface area contributed by atoms with Crippen molar-refractivity contribution in [2.24, 2.45) is 0 Å². The van der Waals surface area contributed by atoms with E-state index in [1.54, 1.807) is 19.4 Å².